The average molecular weight is 291 g/mol. The van der Waals surface area contributed by atoms with Gasteiger partial charge < -0.3 is 4.74 Å². The van der Waals surface area contributed by atoms with Gasteiger partial charge in [0.25, 0.3) is 0 Å². The lowest BCUT2D eigenvalue weighted by Crippen LogP contribution is -2.44. The van der Waals surface area contributed by atoms with Gasteiger partial charge in [-0.15, -0.1) is 0 Å². The summed E-state index contributed by atoms with van der Waals surface area (Å²) in [7, 11) is 1.67. The lowest BCUT2D eigenvalue weighted by Gasteiger charge is -2.36. The molecule has 2 unspecified atom stereocenters. The third kappa shape index (κ3) is 3.37. The van der Waals surface area contributed by atoms with Gasteiger partial charge in [-0.25, -0.2) is 0 Å². The van der Waals surface area contributed by atoms with Crippen molar-refractivity contribution in [1.82, 2.24) is 5.43 Å². The fourth-order valence-electron chi connectivity index (χ4n) is 2.09. The predicted octanol–water partition coefficient (Wildman–Crippen LogP) is 3.56. The molecular formula is C13H20Cl2N2O. The third-order valence-electron chi connectivity index (χ3n) is 2.91. The summed E-state index contributed by atoms with van der Waals surface area (Å²) in [6.07, 6.45) is -0.126. The quantitative estimate of drug-likeness (QED) is 0.658. The van der Waals surface area contributed by atoms with Crippen LogP contribution < -0.4 is 11.3 Å². The Morgan fingerprint density at radius 3 is 2.33 bits per heavy atom. The molecule has 18 heavy (non-hydrogen) atoms. The molecule has 0 saturated carbocycles. The van der Waals surface area contributed by atoms with Gasteiger partial charge in [-0.05, 0) is 17.0 Å². The van der Waals surface area contributed by atoms with Gasteiger partial charge >= 0.3 is 0 Å². The van der Waals surface area contributed by atoms with Crippen LogP contribution in [0.3, 0.4) is 0 Å². The number of ether oxygens (including phenoxy) is 1. The third-order valence-corrected chi connectivity index (χ3v) is 3.74. The number of halogens is 2. The average Bonchev–Trinajstić information content (AvgIpc) is 2.28. The highest BCUT2D eigenvalue weighted by atomic mass is 35.5. The maximum Gasteiger partial charge on any atom is 0.0827 e. The molecule has 3 N–H and O–H groups in total. The first-order valence-corrected chi connectivity index (χ1v) is 6.51. The first kappa shape index (κ1) is 15.7. The molecule has 0 saturated heterocycles. The minimum absolute atomic E-state index is 0.0859. The molecule has 0 radical (unpaired) electrons. The maximum absolute atomic E-state index is 6.23. The molecule has 1 aromatic carbocycles. The summed E-state index contributed by atoms with van der Waals surface area (Å²) in [5.74, 6) is 5.67. The number of rotatable bonds is 4. The molecule has 0 aliphatic heterocycles. The molecule has 2 atom stereocenters. The molecule has 1 rings (SSSR count). The summed E-state index contributed by atoms with van der Waals surface area (Å²) >= 11 is 12.3. The van der Waals surface area contributed by atoms with Crippen LogP contribution in [0.5, 0.6) is 0 Å². The molecule has 0 heterocycles. The van der Waals surface area contributed by atoms with Crippen LogP contribution in [0.2, 0.25) is 10.0 Å². The monoisotopic (exact) mass is 290 g/mol. The van der Waals surface area contributed by atoms with Gasteiger partial charge in [0.05, 0.1) is 22.2 Å². The molecular weight excluding hydrogens is 271 g/mol. The number of hydrogen-bond donors (Lipinski definition) is 2. The van der Waals surface area contributed by atoms with Gasteiger partial charge in [0.2, 0.25) is 0 Å². The summed E-state index contributed by atoms with van der Waals surface area (Å²) in [5, 5.41) is 1.02. The topological polar surface area (TPSA) is 47.3 Å². The van der Waals surface area contributed by atoms with Crippen molar-refractivity contribution in [3.63, 3.8) is 0 Å². The van der Waals surface area contributed by atoms with Crippen molar-refractivity contribution in [1.29, 1.82) is 0 Å². The highest BCUT2D eigenvalue weighted by Crippen LogP contribution is 2.37. The van der Waals surface area contributed by atoms with E-state index >= 15 is 0 Å². The fraction of sp³-hybridized carbons (Fsp3) is 0.538. The molecule has 0 amide bonds. The second kappa shape index (κ2) is 6.22. The molecule has 0 aromatic heterocycles. The Morgan fingerprint density at radius 1 is 1.28 bits per heavy atom. The van der Waals surface area contributed by atoms with E-state index in [1.807, 2.05) is 12.1 Å². The van der Waals surface area contributed by atoms with Gasteiger partial charge in [0.15, 0.2) is 0 Å². The Kier molecular flexibility index (Phi) is 5.44. The summed E-state index contributed by atoms with van der Waals surface area (Å²) in [6, 6.07) is 5.28. The number of hydrogen-bond acceptors (Lipinski definition) is 3. The molecule has 0 spiro atoms. The van der Waals surface area contributed by atoms with E-state index in [9.17, 15) is 0 Å². The van der Waals surface area contributed by atoms with E-state index in [1.54, 1.807) is 13.2 Å². The molecule has 5 heteroatoms. The first-order chi connectivity index (χ1) is 8.32. The van der Waals surface area contributed by atoms with Crippen molar-refractivity contribution in [3.8, 4) is 0 Å². The lowest BCUT2D eigenvalue weighted by atomic mass is 9.82. The van der Waals surface area contributed by atoms with Crippen LogP contribution in [0, 0.1) is 5.41 Å². The summed E-state index contributed by atoms with van der Waals surface area (Å²) in [5.41, 5.74) is 3.53. The van der Waals surface area contributed by atoms with Crippen LogP contribution in [-0.4, -0.2) is 13.2 Å². The minimum Gasteiger partial charge on any atom is -0.379 e. The Balaban J connectivity index is 3.20. The Morgan fingerprint density at radius 2 is 1.89 bits per heavy atom. The Bertz CT molecular complexity index is 404. The number of nitrogens with two attached hydrogens (primary N) is 1. The standard InChI is InChI=1S/C13H20Cl2N2O/c1-13(2,3)12(18-4)11(17-16)8-6-5-7-9(14)10(8)15/h5-7,11-12,17H,16H2,1-4H3. The molecule has 0 aliphatic rings. The summed E-state index contributed by atoms with van der Waals surface area (Å²) in [6.45, 7) is 6.26. The largest absolute Gasteiger partial charge is 0.379 e. The molecule has 1 aromatic rings. The maximum atomic E-state index is 6.23. The molecule has 3 nitrogen and oxygen atoms in total. The fourth-order valence-corrected chi connectivity index (χ4v) is 2.52. The highest BCUT2D eigenvalue weighted by molar-refractivity contribution is 6.42. The predicted molar refractivity (Wildman–Crippen MR) is 76.8 cm³/mol. The van der Waals surface area contributed by atoms with Gasteiger partial charge in [-0.1, -0.05) is 56.1 Å². The van der Waals surface area contributed by atoms with Crippen LogP contribution in [0.4, 0.5) is 0 Å². The van der Waals surface area contributed by atoms with E-state index in [1.165, 1.54) is 0 Å². The van der Waals surface area contributed by atoms with Crippen molar-refractivity contribution < 1.29 is 4.74 Å². The molecule has 102 valence electrons. The van der Waals surface area contributed by atoms with E-state index in [0.717, 1.165) is 5.56 Å². The first-order valence-electron chi connectivity index (χ1n) is 5.75. The van der Waals surface area contributed by atoms with Crippen LogP contribution in [0.1, 0.15) is 32.4 Å². The Hall–Kier alpha value is -0.320. The van der Waals surface area contributed by atoms with E-state index < -0.39 is 0 Å². The van der Waals surface area contributed by atoms with Crippen molar-refractivity contribution >= 4 is 23.2 Å². The van der Waals surface area contributed by atoms with Crippen molar-refractivity contribution in [3.05, 3.63) is 33.8 Å². The van der Waals surface area contributed by atoms with Crippen molar-refractivity contribution in [2.75, 3.05) is 7.11 Å². The van der Waals surface area contributed by atoms with Crippen LogP contribution in [-0.2, 0) is 4.74 Å². The number of methoxy groups -OCH3 is 1. The van der Waals surface area contributed by atoms with Crippen LogP contribution >= 0.6 is 23.2 Å². The van der Waals surface area contributed by atoms with E-state index in [-0.39, 0.29) is 17.6 Å². The lowest BCUT2D eigenvalue weighted by molar-refractivity contribution is -0.0120. The van der Waals surface area contributed by atoms with E-state index in [0.29, 0.717) is 10.0 Å². The normalized spacial score (nSPS) is 15.5. The summed E-state index contributed by atoms with van der Waals surface area (Å²) in [4.78, 5) is 0. The van der Waals surface area contributed by atoms with Gasteiger partial charge in [-0.2, -0.15) is 0 Å². The van der Waals surface area contributed by atoms with Gasteiger partial charge in [0, 0.05) is 7.11 Å². The zero-order valence-electron chi connectivity index (χ0n) is 11.1. The number of hydrazine groups is 1. The smallest absolute Gasteiger partial charge is 0.0827 e. The van der Waals surface area contributed by atoms with Crippen molar-refractivity contribution in [2.45, 2.75) is 32.9 Å². The molecule has 0 fully saturated rings. The van der Waals surface area contributed by atoms with E-state index in [4.69, 9.17) is 33.8 Å². The van der Waals surface area contributed by atoms with Crippen LogP contribution in [0.15, 0.2) is 18.2 Å². The number of benzene rings is 1. The molecule has 0 bridgehead atoms. The Labute approximate surface area is 119 Å². The van der Waals surface area contributed by atoms with E-state index in [2.05, 4.69) is 26.2 Å². The number of nitrogens with one attached hydrogen (secondary N) is 1. The SMILES string of the molecule is COC(C(NN)c1cccc(Cl)c1Cl)C(C)(C)C. The van der Waals surface area contributed by atoms with Crippen molar-refractivity contribution in [2.24, 2.45) is 11.3 Å². The second-order valence-electron chi connectivity index (χ2n) is 5.31. The molecule has 0 aliphatic carbocycles. The summed E-state index contributed by atoms with van der Waals surface area (Å²) < 4.78 is 5.57. The second-order valence-corrected chi connectivity index (χ2v) is 6.09. The van der Waals surface area contributed by atoms with Gasteiger partial charge in [0.1, 0.15) is 0 Å². The highest BCUT2D eigenvalue weighted by Gasteiger charge is 2.34. The zero-order valence-corrected chi connectivity index (χ0v) is 12.6. The zero-order chi connectivity index (χ0) is 13.9. The van der Waals surface area contributed by atoms with Gasteiger partial charge in [-0.3, -0.25) is 11.3 Å². The van der Waals surface area contributed by atoms with Crippen LogP contribution in [0.25, 0.3) is 0 Å². The minimum atomic E-state index is -0.221.